The zero-order valence-electron chi connectivity index (χ0n) is 14.1. The van der Waals surface area contributed by atoms with Crippen molar-refractivity contribution < 1.29 is 27.4 Å². The third kappa shape index (κ3) is 4.42. The first-order valence-corrected chi connectivity index (χ1v) is 8.91. The van der Waals surface area contributed by atoms with E-state index in [1.807, 2.05) is 0 Å². The second-order valence-corrected chi connectivity index (χ2v) is 6.60. The molecule has 2 aromatic rings. The first-order chi connectivity index (χ1) is 11.9. The number of nitrogens with one attached hydrogen (secondary N) is 1. The molecule has 0 saturated carbocycles. The van der Waals surface area contributed by atoms with Crippen LogP contribution in [0.3, 0.4) is 0 Å². The molecular weight excluding hydrogens is 346 g/mol. The SMILES string of the molecule is CCOC(=O)c1ccc(S(=O)(=O)Nc2cc(OC)ccc2OC)cc1. The van der Waals surface area contributed by atoms with Crippen molar-refractivity contribution in [2.24, 2.45) is 0 Å². The van der Waals surface area contributed by atoms with E-state index in [9.17, 15) is 13.2 Å². The van der Waals surface area contributed by atoms with E-state index in [1.54, 1.807) is 19.1 Å². The lowest BCUT2D eigenvalue weighted by molar-refractivity contribution is 0.0526. The fourth-order valence-electron chi connectivity index (χ4n) is 2.08. The summed E-state index contributed by atoms with van der Waals surface area (Å²) in [7, 11) is -0.945. The van der Waals surface area contributed by atoms with Crippen molar-refractivity contribution >= 4 is 21.7 Å². The Labute approximate surface area is 146 Å². The van der Waals surface area contributed by atoms with Crippen LogP contribution in [0.4, 0.5) is 5.69 Å². The largest absolute Gasteiger partial charge is 0.497 e. The molecule has 0 amide bonds. The summed E-state index contributed by atoms with van der Waals surface area (Å²) in [6.45, 7) is 1.94. The lowest BCUT2D eigenvalue weighted by atomic mass is 10.2. The summed E-state index contributed by atoms with van der Waals surface area (Å²) in [6.07, 6.45) is 0. The molecule has 0 aliphatic carbocycles. The van der Waals surface area contributed by atoms with E-state index < -0.39 is 16.0 Å². The maximum Gasteiger partial charge on any atom is 0.338 e. The summed E-state index contributed by atoms with van der Waals surface area (Å²) in [5.74, 6) is 0.331. The van der Waals surface area contributed by atoms with Crippen LogP contribution >= 0.6 is 0 Å². The van der Waals surface area contributed by atoms with Crippen LogP contribution in [0.1, 0.15) is 17.3 Å². The molecule has 0 bridgehead atoms. The van der Waals surface area contributed by atoms with Gasteiger partial charge in [-0.3, -0.25) is 4.72 Å². The zero-order chi connectivity index (χ0) is 18.4. The molecule has 2 aromatic carbocycles. The summed E-state index contributed by atoms with van der Waals surface area (Å²) < 4.78 is 42.7. The van der Waals surface area contributed by atoms with E-state index in [4.69, 9.17) is 14.2 Å². The topological polar surface area (TPSA) is 90.9 Å². The van der Waals surface area contributed by atoms with Crippen molar-refractivity contribution in [1.29, 1.82) is 0 Å². The molecule has 2 rings (SSSR count). The Morgan fingerprint density at radius 2 is 1.72 bits per heavy atom. The minimum Gasteiger partial charge on any atom is -0.497 e. The molecule has 0 fully saturated rings. The normalized spacial score (nSPS) is 10.8. The number of rotatable bonds is 7. The Balaban J connectivity index is 2.29. The van der Waals surface area contributed by atoms with Crippen LogP contribution in [0.2, 0.25) is 0 Å². The standard InChI is InChI=1S/C17H19NO6S/c1-4-24-17(19)12-5-8-14(9-6-12)25(20,21)18-15-11-13(22-2)7-10-16(15)23-3/h5-11,18H,4H2,1-3H3. The van der Waals surface area contributed by atoms with Crippen molar-refractivity contribution in [3.63, 3.8) is 0 Å². The summed E-state index contributed by atoms with van der Waals surface area (Å²) in [6, 6.07) is 10.2. The van der Waals surface area contributed by atoms with Crippen molar-refractivity contribution in [2.45, 2.75) is 11.8 Å². The van der Waals surface area contributed by atoms with Gasteiger partial charge in [0.2, 0.25) is 0 Å². The predicted octanol–water partition coefficient (Wildman–Crippen LogP) is 2.68. The number of anilines is 1. The van der Waals surface area contributed by atoms with Crippen molar-refractivity contribution in [2.75, 3.05) is 25.5 Å². The number of sulfonamides is 1. The Bertz CT molecular complexity index is 846. The van der Waals surface area contributed by atoms with Crippen LogP contribution in [0.25, 0.3) is 0 Å². The molecule has 8 heteroatoms. The molecule has 25 heavy (non-hydrogen) atoms. The van der Waals surface area contributed by atoms with Gasteiger partial charge >= 0.3 is 5.97 Å². The molecule has 0 unspecified atom stereocenters. The Morgan fingerprint density at radius 1 is 1.04 bits per heavy atom. The van der Waals surface area contributed by atoms with Crippen LogP contribution in [0, 0.1) is 0 Å². The maximum atomic E-state index is 12.6. The lowest BCUT2D eigenvalue weighted by Gasteiger charge is -2.13. The summed E-state index contributed by atoms with van der Waals surface area (Å²) in [5, 5.41) is 0. The van der Waals surface area contributed by atoms with Crippen LogP contribution in [0.5, 0.6) is 11.5 Å². The predicted molar refractivity (Wildman–Crippen MR) is 92.8 cm³/mol. The minimum absolute atomic E-state index is 0.00502. The van der Waals surface area contributed by atoms with Gasteiger partial charge in [0.1, 0.15) is 11.5 Å². The molecule has 0 aliphatic rings. The number of benzene rings is 2. The molecule has 7 nitrogen and oxygen atoms in total. The van der Waals surface area contributed by atoms with E-state index in [0.717, 1.165) is 0 Å². The molecule has 134 valence electrons. The molecular formula is C17H19NO6S. The van der Waals surface area contributed by atoms with Crippen molar-refractivity contribution in [3.05, 3.63) is 48.0 Å². The Hall–Kier alpha value is -2.74. The fraction of sp³-hybridized carbons (Fsp3) is 0.235. The zero-order valence-corrected chi connectivity index (χ0v) is 14.9. The van der Waals surface area contributed by atoms with Gasteiger partial charge in [-0.2, -0.15) is 0 Å². The molecule has 0 aliphatic heterocycles. The summed E-state index contributed by atoms with van der Waals surface area (Å²) in [5.41, 5.74) is 0.524. The van der Waals surface area contributed by atoms with E-state index in [1.165, 1.54) is 44.6 Å². The van der Waals surface area contributed by atoms with Crippen LogP contribution < -0.4 is 14.2 Å². The second-order valence-electron chi connectivity index (χ2n) is 4.92. The van der Waals surface area contributed by atoms with Gasteiger partial charge < -0.3 is 14.2 Å². The smallest absolute Gasteiger partial charge is 0.338 e. The van der Waals surface area contributed by atoms with E-state index in [0.29, 0.717) is 11.5 Å². The highest BCUT2D eigenvalue weighted by atomic mass is 32.2. The van der Waals surface area contributed by atoms with E-state index >= 15 is 0 Å². The Morgan fingerprint density at radius 3 is 2.28 bits per heavy atom. The fourth-order valence-corrected chi connectivity index (χ4v) is 3.14. The third-order valence-corrected chi connectivity index (χ3v) is 4.71. The van der Waals surface area contributed by atoms with Crippen molar-refractivity contribution in [3.8, 4) is 11.5 Å². The number of hydrogen-bond donors (Lipinski definition) is 1. The van der Waals surface area contributed by atoms with Gasteiger partial charge in [-0.15, -0.1) is 0 Å². The lowest BCUT2D eigenvalue weighted by Crippen LogP contribution is -2.14. The third-order valence-electron chi connectivity index (χ3n) is 3.33. The van der Waals surface area contributed by atoms with Gasteiger partial charge in [0, 0.05) is 6.07 Å². The van der Waals surface area contributed by atoms with E-state index in [-0.39, 0.29) is 22.8 Å². The second kappa shape index (κ2) is 7.89. The first kappa shape index (κ1) is 18.6. The molecule has 0 heterocycles. The van der Waals surface area contributed by atoms with Gasteiger partial charge in [0.25, 0.3) is 10.0 Å². The average molecular weight is 365 g/mol. The number of carbonyl (C=O) groups excluding carboxylic acids is 1. The average Bonchev–Trinajstić information content (AvgIpc) is 2.61. The van der Waals surface area contributed by atoms with Crippen LogP contribution in [0.15, 0.2) is 47.4 Å². The quantitative estimate of drug-likeness (QED) is 0.759. The molecule has 1 N–H and O–H groups in total. The number of methoxy groups -OCH3 is 2. The van der Waals surface area contributed by atoms with Crippen molar-refractivity contribution in [1.82, 2.24) is 0 Å². The van der Waals surface area contributed by atoms with Gasteiger partial charge in [0.05, 0.1) is 37.0 Å². The van der Waals surface area contributed by atoms with E-state index in [2.05, 4.69) is 4.72 Å². The molecule has 0 aromatic heterocycles. The maximum absolute atomic E-state index is 12.6. The first-order valence-electron chi connectivity index (χ1n) is 7.43. The molecule has 0 atom stereocenters. The number of ether oxygens (including phenoxy) is 3. The highest BCUT2D eigenvalue weighted by molar-refractivity contribution is 7.92. The van der Waals surface area contributed by atoms with Gasteiger partial charge in [-0.25, -0.2) is 13.2 Å². The molecule has 0 saturated heterocycles. The Kier molecular flexibility index (Phi) is 5.87. The summed E-state index contributed by atoms with van der Waals surface area (Å²) in [4.78, 5) is 11.6. The number of esters is 1. The van der Waals surface area contributed by atoms with Gasteiger partial charge in [0.15, 0.2) is 0 Å². The monoisotopic (exact) mass is 365 g/mol. The minimum atomic E-state index is -3.86. The highest BCUT2D eigenvalue weighted by Gasteiger charge is 2.18. The number of hydrogen-bond acceptors (Lipinski definition) is 6. The van der Waals surface area contributed by atoms with Gasteiger partial charge in [-0.05, 0) is 43.3 Å². The van der Waals surface area contributed by atoms with Crippen LogP contribution in [-0.4, -0.2) is 35.2 Å². The molecule has 0 radical (unpaired) electrons. The highest BCUT2D eigenvalue weighted by Crippen LogP contribution is 2.30. The summed E-state index contributed by atoms with van der Waals surface area (Å²) >= 11 is 0. The van der Waals surface area contributed by atoms with Gasteiger partial charge in [-0.1, -0.05) is 0 Å². The van der Waals surface area contributed by atoms with Crippen LogP contribution in [-0.2, 0) is 14.8 Å². The number of carbonyl (C=O) groups is 1. The molecule has 0 spiro atoms.